The highest BCUT2D eigenvalue weighted by Gasteiger charge is 2.29. The summed E-state index contributed by atoms with van der Waals surface area (Å²) in [5, 5.41) is 4.46. The molecule has 0 saturated heterocycles. The van der Waals surface area contributed by atoms with Crippen LogP contribution in [-0.4, -0.2) is 45.7 Å². The maximum absolute atomic E-state index is 12.8. The molecule has 2 heterocycles. The number of ether oxygens (including phenoxy) is 2. The van der Waals surface area contributed by atoms with Gasteiger partial charge >= 0.3 is 11.9 Å². The molecule has 0 amide bonds. The van der Waals surface area contributed by atoms with Crippen LogP contribution in [0.2, 0.25) is 5.15 Å². The van der Waals surface area contributed by atoms with E-state index in [1.807, 2.05) is 13.8 Å². The number of methoxy groups -OCH3 is 1. The van der Waals surface area contributed by atoms with Gasteiger partial charge < -0.3 is 14.5 Å². The van der Waals surface area contributed by atoms with Crippen molar-refractivity contribution in [1.82, 2.24) is 14.8 Å². The largest absolute Gasteiger partial charge is 0.465 e. The summed E-state index contributed by atoms with van der Waals surface area (Å²) in [6, 6.07) is 0. The Hall–Kier alpha value is -2.61. The highest BCUT2D eigenvalue weighted by atomic mass is 35.5. The molecule has 0 aliphatic heterocycles. The van der Waals surface area contributed by atoms with Crippen LogP contribution < -0.4 is 0 Å². The first kappa shape index (κ1) is 22.7. The standard InChI is InChI=1S/C20H26ClN3O5/c1-9(2)8-24-18(21)15(12(5)23-24)20(27)29-13(6)17(25)16-10(3)14(11(4)22-16)19(26)28-7/h9,13,22H,8H2,1-7H3/t13-/m1/s1. The Morgan fingerprint density at radius 1 is 1.10 bits per heavy atom. The van der Waals surface area contributed by atoms with Gasteiger partial charge in [-0.05, 0) is 39.2 Å². The first-order chi connectivity index (χ1) is 13.5. The number of rotatable bonds is 7. The summed E-state index contributed by atoms with van der Waals surface area (Å²) >= 11 is 6.31. The van der Waals surface area contributed by atoms with E-state index >= 15 is 0 Å². The van der Waals surface area contributed by atoms with Crippen molar-refractivity contribution in [2.45, 2.75) is 54.2 Å². The first-order valence-corrected chi connectivity index (χ1v) is 9.62. The van der Waals surface area contributed by atoms with E-state index in [0.717, 1.165) is 0 Å². The fourth-order valence-electron chi connectivity index (χ4n) is 3.13. The fourth-order valence-corrected chi connectivity index (χ4v) is 3.45. The van der Waals surface area contributed by atoms with E-state index in [9.17, 15) is 14.4 Å². The second kappa shape index (κ2) is 8.82. The van der Waals surface area contributed by atoms with Crippen LogP contribution in [0.5, 0.6) is 0 Å². The van der Waals surface area contributed by atoms with Crippen LogP contribution >= 0.6 is 11.6 Å². The summed E-state index contributed by atoms with van der Waals surface area (Å²) in [4.78, 5) is 40.3. The lowest BCUT2D eigenvalue weighted by molar-refractivity contribution is 0.0316. The normalized spacial score (nSPS) is 12.2. The zero-order valence-electron chi connectivity index (χ0n) is 17.7. The molecule has 0 aromatic carbocycles. The molecule has 2 rings (SSSR count). The zero-order chi connectivity index (χ0) is 22.0. The molecule has 0 aliphatic rings. The molecule has 9 heteroatoms. The van der Waals surface area contributed by atoms with Crippen molar-refractivity contribution in [2.24, 2.45) is 5.92 Å². The van der Waals surface area contributed by atoms with Gasteiger partial charge in [-0.3, -0.25) is 9.48 Å². The van der Waals surface area contributed by atoms with Crippen LogP contribution in [-0.2, 0) is 16.0 Å². The lowest BCUT2D eigenvalue weighted by Crippen LogP contribution is -2.25. The highest BCUT2D eigenvalue weighted by Crippen LogP contribution is 2.24. The number of aromatic amines is 1. The lowest BCUT2D eigenvalue weighted by Gasteiger charge is -2.12. The minimum absolute atomic E-state index is 0.140. The summed E-state index contributed by atoms with van der Waals surface area (Å²) in [5.41, 5.74) is 2.01. The van der Waals surface area contributed by atoms with E-state index in [0.29, 0.717) is 35.0 Å². The Kier molecular flexibility index (Phi) is 6.89. The van der Waals surface area contributed by atoms with Crippen molar-refractivity contribution in [3.63, 3.8) is 0 Å². The number of esters is 2. The molecule has 0 radical (unpaired) electrons. The van der Waals surface area contributed by atoms with Crippen LogP contribution in [0.3, 0.4) is 0 Å². The molecule has 0 aliphatic carbocycles. The second-order valence-corrected chi connectivity index (χ2v) is 7.71. The molecule has 29 heavy (non-hydrogen) atoms. The third-order valence-corrected chi connectivity index (χ3v) is 4.92. The van der Waals surface area contributed by atoms with E-state index in [1.54, 1.807) is 25.5 Å². The summed E-state index contributed by atoms with van der Waals surface area (Å²) in [5.74, 6) is -1.44. The molecule has 0 spiro atoms. The Morgan fingerprint density at radius 2 is 1.72 bits per heavy atom. The Bertz CT molecular complexity index is 958. The number of hydrogen-bond acceptors (Lipinski definition) is 6. The van der Waals surface area contributed by atoms with E-state index in [-0.39, 0.29) is 16.4 Å². The van der Waals surface area contributed by atoms with Crippen molar-refractivity contribution in [3.8, 4) is 0 Å². The smallest absolute Gasteiger partial charge is 0.343 e. The third kappa shape index (κ3) is 4.53. The molecule has 1 N–H and O–H groups in total. The summed E-state index contributed by atoms with van der Waals surface area (Å²) < 4.78 is 11.7. The quantitative estimate of drug-likeness (QED) is 0.538. The summed E-state index contributed by atoms with van der Waals surface area (Å²) in [7, 11) is 1.27. The molecule has 8 nitrogen and oxygen atoms in total. The number of carbonyl (C=O) groups excluding carboxylic acids is 3. The van der Waals surface area contributed by atoms with Crippen LogP contribution in [0.15, 0.2) is 0 Å². The van der Waals surface area contributed by atoms with Gasteiger partial charge in [0.2, 0.25) is 5.78 Å². The number of nitrogens with one attached hydrogen (secondary N) is 1. The van der Waals surface area contributed by atoms with Crippen molar-refractivity contribution in [1.29, 1.82) is 0 Å². The molecule has 0 unspecified atom stereocenters. The predicted octanol–water partition coefficient (Wildman–Crippen LogP) is 3.66. The molecule has 1 atom stereocenters. The van der Waals surface area contributed by atoms with Crippen molar-refractivity contribution in [2.75, 3.05) is 7.11 Å². The van der Waals surface area contributed by atoms with Gasteiger partial charge in [0, 0.05) is 12.2 Å². The third-order valence-electron chi connectivity index (χ3n) is 4.53. The molecule has 0 bridgehead atoms. The van der Waals surface area contributed by atoms with E-state index in [1.165, 1.54) is 14.0 Å². The number of carbonyl (C=O) groups is 3. The van der Waals surface area contributed by atoms with Gasteiger partial charge in [0.05, 0.1) is 24.1 Å². The Labute approximate surface area is 174 Å². The van der Waals surface area contributed by atoms with Crippen LogP contribution in [0.25, 0.3) is 0 Å². The SMILES string of the molecule is COC(=O)c1c(C)[nH]c(C(=O)[C@@H](C)OC(=O)c2c(C)nn(CC(C)C)c2Cl)c1C. The number of aryl methyl sites for hydroxylation is 2. The molecule has 0 fully saturated rings. The number of ketones is 1. The van der Waals surface area contributed by atoms with E-state index in [2.05, 4.69) is 10.1 Å². The number of hydrogen-bond donors (Lipinski definition) is 1. The number of halogens is 1. The second-order valence-electron chi connectivity index (χ2n) is 7.36. The van der Waals surface area contributed by atoms with Crippen molar-refractivity contribution < 1.29 is 23.9 Å². The maximum atomic E-state index is 12.8. The molecule has 2 aromatic rings. The molecular weight excluding hydrogens is 398 g/mol. The van der Waals surface area contributed by atoms with Gasteiger partial charge in [-0.1, -0.05) is 25.4 Å². The minimum Gasteiger partial charge on any atom is -0.465 e. The number of H-pyrrole nitrogens is 1. The van der Waals surface area contributed by atoms with Crippen LogP contribution in [0, 0.1) is 26.7 Å². The Balaban J connectivity index is 2.24. The van der Waals surface area contributed by atoms with E-state index in [4.69, 9.17) is 21.1 Å². The highest BCUT2D eigenvalue weighted by molar-refractivity contribution is 6.32. The number of nitrogens with zero attached hydrogens (tertiary/aromatic N) is 2. The lowest BCUT2D eigenvalue weighted by atomic mass is 10.1. The van der Waals surface area contributed by atoms with Gasteiger partial charge in [-0.25, -0.2) is 9.59 Å². The van der Waals surface area contributed by atoms with Gasteiger partial charge in [-0.2, -0.15) is 5.10 Å². The predicted molar refractivity (Wildman–Crippen MR) is 108 cm³/mol. The van der Waals surface area contributed by atoms with Crippen molar-refractivity contribution in [3.05, 3.63) is 38.9 Å². The topological polar surface area (TPSA) is 103 Å². The molecule has 2 aromatic heterocycles. The fraction of sp³-hybridized carbons (Fsp3) is 0.500. The van der Waals surface area contributed by atoms with Gasteiger partial charge in [0.15, 0.2) is 6.10 Å². The average molecular weight is 424 g/mol. The van der Waals surface area contributed by atoms with Crippen LogP contribution in [0.4, 0.5) is 0 Å². The van der Waals surface area contributed by atoms with Crippen molar-refractivity contribution >= 4 is 29.3 Å². The molecule has 0 saturated carbocycles. The van der Waals surface area contributed by atoms with Gasteiger partial charge in [0.25, 0.3) is 0 Å². The maximum Gasteiger partial charge on any atom is 0.343 e. The summed E-state index contributed by atoms with van der Waals surface area (Å²) in [6.07, 6.45) is -1.09. The molecular formula is C20H26ClN3O5. The Morgan fingerprint density at radius 3 is 2.28 bits per heavy atom. The number of aromatic nitrogens is 3. The first-order valence-electron chi connectivity index (χ1n) is 9.25. The average Bonchev–Trinajstić information content (AvgIpc) is 3.08. The summed E-state index contributed by atoms with van der Waals surface area (Å²) in [6.45, 7) is 11.0. The van der Waals surface area contributed by atoms with Gasteiger partial charge in [0.1, 0.15) is 10.7 Å². The van der Waals surface area contributed by atoms with Crippen LogP contribution in [0.1, 0.15) is 68.9 Å². The molecule has 158 valence electrons. The zero-order valence-corrected chi connectivity index (χ0v) is 18.4. The van der Waals surface area contributed by atoms with E-state index < -0.39 is 23.8 Å². The monoisotopic (exact) mass is 423 g/mol. The van der Waals surface area contributed by atoms with Gasteiger partial charge in [-0.15, -0.1) is 0 Å². The number of Topliss-reactive ketones (excluding diaryl/α,β-unsaturated/α-hetero) is 1. The minimum atomic E-state index is -1.09.